The van der Waals surface area contributed by atoms with Crippen molar-refractivity contribution >= 4 is 39.7 Å². The monoisotopic (exact) mass is 572 g/mol. The quantitative estimate of drug-likeness (QED) is 0.209. The first kappa shape index (κ1) is 25.8. The van der Waals surface area contributed by atoms with Crippen molar-refractivity contribution in [3.05, 3.63) is 135 Å². The van der Waals surface area contributed by atoms with Gasteiger partial charge in [-0.3, -0.25) is 4.99 Å². The molecule has 2 aromatic heterocycles. The van der Waals surface area contributed by atoms with Crippen LogP contribution < -0.4 is 10.9 Å². The molecule has 0 saturated carbocycles. The van der Waals surface area contributed by atoms with E-state index in [1.807, 2.05) is 109 Å². The number of aromatic hydroxyl groups is 1. The Morgan fingerprint density at radius 1 is 0.952 bits per heavy atom. The first-order chi connectivity index (χ1) is 20.5. The van der Waals surface area contributed by atoms with E-state index in [-0.39, 0.29) is 23.8 Å². The Morgan fingerprint density at radius 2 is 1.71 bits per heavy atom. The molecule has 0 aliphatic carbocycles. The van der Waals surface area contributed by atoms with Gasteiger partial charge in [0.15, 0.2) is 0 Å². The molecular formula is C34H25ClN4O3. The topological polar surface area (TPSA) is 92.7 Å². The number of nitrogens with one attached hydrogen (secondary N) is 1. The van der Waals surface area contributed by atoms with Crippen molar-refractivity contribution in [2.75, 3.05) is 5.32 Å². The predicted octanol–water partition coefficient (Wildman–Crippen LogP) is 7.99. The number of aliphatic imine (C=N–C) groups is 1. The second kappa shape index (κ2) is 10.4. The average molecular weight is 573 g/mol. The third-order valence-electron chi connectivity index (χ3n) is 7.53. The van der Waals surface area contributed by atoms with Crippen LogP contribution in [0.25, 0.3) is 27.9 Å². The van der Waals surface area contributed by atoms with E-state index in [0.717, 1.165) is 33.8 Å². The highest BCUT2D eigenvalue weighted by Gasteiger charge is 2.29. The van der Waals surface area contributed by atoms with Crippen LogP contribution in [0.2, 0.25) is 5.02 Å². The number of hydrogen-bond donors (Lipinski definition) is 2. The SMILES string of the molecule is Cc1cccc2c(O)c(C3=Nc4ccccc4NC(c4cn(-c5ccccc5)nc4-c4ccc(Cl)cc4)C3)c(=O)oc12. The van der Waals surface area contributed by atoms with Crippen molar-refractivity contribution < 1.29 is 9.52 Å². The molecule has 8 heteroatoms. The van der Waals surface area contributed by atoms with Crippen molar-refractivity contribution in [2.24, 2.45) is 4.99 Å². The Hall–Kier alpha value is -5.14. The fourth-order valence-electron chi connectivity index (χ4n) is 5.45. The fraction of sp³-hybridized carbons (Fsp3) is 0.0882. The molecule has 4 aromatic carbocycles. The molecule has 0 fully saturated rings. The average Bonchev–Trinajstić information content (AvgIpc) is 3.35. The number of rotatable bonds is 4. The van der Waals surface area contributed by atoms with Crippen molar-refractivity contribution in [1.82, 2.24) is 9.78 Å². The first-order valence-electron chi connectivity index (χ1n) is 13.6. The summed E-state index contributed by atoms with van der Waals surface area (Å²) in [6.45, 7) is 1.84. The maximum Gasteiger partial charge on any atom is 0.349 e. The molecule has 1 unspecified atom stereocenters. The third-order valence-corrected chi connectivity index (χ3v) is 7.79. The van der Waals surface area contributed by atoms with Crippen LogP contribution in [0, 0.1) is 6.92 Å². The maximum atomic E-state index is 13.4. The van der Waals surface area contributed by atoms with E-state index in [0.29, 0.717) is 27.4 Å². The van der Waals surface area contributed by atoms with Gasteiger partial charge < -0.3 is 14.8 Å². The van der Waals surface area contributed by atoms with Gasteiger partial charge in [-0.15, -0.1) is 0 Å². The molecule has 7 nitrogen and oxygen atoms in total. The molecule has 1 atom stereocenters. The molecular weight excluding hydrogens is 548 g/mol. The molecule has 6 aromatic rings. The van der Waals surface area contributed by atoms with E-state index >= 15 is 0 Å². The summed E-state index contributed by atoms with van der Waals surface area (Å²) in [5.74, 6) is -0.139. The van der Waals surface area contributed by atoms with Crippen molar-refractivity contribution in [2.45, 2.75) is 19.4 Å². The highest BCUT2D eigenvalue weighted by Crippen LogP contribution is 2.40. The highest BCUT2D eigenvalue weighted by atomic mass is 35.5. The molecule has 7 rings (SSSR count). The number of fused-ring (bicyclic) bond motifs is 2. The highest BCUT2D eigenvalue weighted by molar-refractivity contribution is 6.30. The van der Waals surface area contributed by atoms with Crippen LogP contribution in [0.5, 0.6) is 5.75 Å². The molecule has 1 aliphatic rings. The maximum absolute atomic E-state index is 13.4. The standard InChI is InChI=1S/C34H25ClN4O3/c1-20-8-7-11-24-32(40)30(34(41)42-33(20)24)29-18-28(36-26-12-5-6-13-27(26)37-29)25-19-39(23-9-3-2-4-10-23)38-31(25)21-14-16-22(35)17-15-21/h2-17,19,28,36,40H,18H2,1H3. The van der Waals surface area contributed by atoms with Crippen LogP contribution in [0.1, 0.15) is 29.2 Å². The molecule has 0 spiro atoms. The zero-order valence-corrected chi connectivity index (χ0v) is 23.3. The Labute approximate surface area is 246 Å². The first-order valence-corrected chi connectivity index (χ1v) is 13.9. The van der Waals surface area contributed by atoms with Gasteiger partial charge in [0, 0.05) is 28.8 Å². The number of benzene rings is 4. The molecule has 0 saturated heterocycles. The number of para-hydroxylation sites is 4. The van der Waals surface area contributed by atoms with E-state index in [2.05, 4.69) is 5.32 Å². The van der Waals surface area contributed by atoms with Gasteiger partial charge >= 0.3 is 5.63 Å². The lowest BCUT2D eigenvalue weighted by atomic mass is 9.95. The summed E-state index contributed by atoms with van der Waals surface area (Å²) < 4.78 is 7.59. The summed E-state index contributed by atoms with van der Waals surface area (Å²) in [4.78, 5) is 18.3. The number of halogens is 1. The minimum atomic E-state index is -0.635. The second-order valence-electron chi connectivity index (χ2n) is 10.3. The van der Waals surface area contributed by atoms with Crippen LogP contribution in [-0.4, -0.2) is 20.6 Å². The fourth-order valence-corrected chi connectivity index (χ4v) is 5.58. The van der Waals surface area contributed by atoms with E-state index in [9.17, 15) is 9.90 Å². The Kier molecular flexibility index (Phi) is 6.36. The summed E-state index contributed by atoms with van der Waals surface area (Å²) in [7, 11) is 0. The van der Waals surface area contributed by atoms with Gasteiger partial charge in [-0.05, 0) is 55.0 Å². The number of nitrogens with zero attached hydrogens (tertiary/aromatic N) is 3. The number of aryl methyl sites for hydroxylation is 1. The summed E-state index contributed by atoms with van der Waals surface area (Å²) in [6, 6.07) is 30.1. The van der Waals surface area contributed by atoms with Gasteiger partial charge in [-0.2, -0.15) is 5.10 Å². The van der Waals surface area contributed by atoms with Gasteiger partial charge in [0.1, 0.15) is 16.9 Å². The molecule has 206 valence electrons. The summed E-state index contributed by atoms with van der Waals surface area (Å²) in [5, 5.41) is 21.2. The van der Waals surface area contributed by atoms with Crippen molar-refractivity contribution in [1.29, 1.82) is 0 Å². The molecule has 42 heavy (non-hydrogen) atoms. The van der Waals surface area contributed by atoms with E-state index in [1.165, 1.54) is 0 Å². The van der Waals surface area contributed by atoms with E-state index < -0.39 is 5.63 Å². The molecule has 2 N–H and O–H groups in total. The van der Waals surface area contributed by atoms with Gasteiger partial charge in [0.2, 0.25) is 0 Å². The Bertz CT molecular complexity index is 2050. The third kappa shape index (κ3) is 4.54. The van der Waals surface area contributed by atoms with Crippen LogP contribution in [0.15, 0.2) is 117 Å². The molecule has 3 heterocycles. The van der Waals surface area contributed by atoms with Crippen LogP contribution >= 0.6 is 11.6 Å². The molecule has 0 radical (unpaired) electrons. The van der Waals surface area contributed by atoms with Crippen LogP contribution in [0.3, 0.4) is 0 Å². The van der Waals surface area contributed by atoms with Crippen LogP contribution in [-0.2, 0) is 0 Å². The van der Waals surface area contributed by atoms with E-state index in [4.69, 9.17) is 26.1 Å². The number of anilines is 1. The lowest BCUT2D eigenvalue weighted by Crippen LogP contribution is -2.20. The Morgan fingerprint density at radius 3 is 2.52 bits per heavy atom. The van der Waals surface area contributed by atoms with Gasteiger partial charge in [-0.1, -0.05) is 66.2 Å². The number of aromatic nitrogens is 2. The minimum absolute atomic E-state index is 0.0556. The summed E-state index contributed by atoms with van der Waals surface area (Å²) in [5.41, 5.74) is 5.88. The zero-order chi connectivity index (χ0) is 28.8. The lowest BCUT2D eigenvalue weighted by Gasteiger charge is -2.19. The van der Waals surface area contributed by atoms with E-state index in [1.54, 1.807) is 6.07 Å². The predicted molar refractivity (Wildman–Crippen MR) is 167 cm³/mol. The lowest BCUT2D eigenvalue weighted by molar-refractivity contribution is 0.465. The zero-order valence-electron chi connectivity index (χ0n) is 22.6. The molecule has 1 aliphatic heterocycles. The van der Waals surface area contributed by atoms with Crippen LogP contribution in [0.4, 0.5) is 11.4 Å². The summed E-state index contributed by atoms with van der Waals surface area (Å²) >= 11 is 6.22. The molecule has 0 amide bonds. The smallest absolute Gasteiger partial charge is 0.349 e. The minimum Gasteiger partial charge on any atom is -0.506 e. The van der Waals surface area contributed by atoms with Crippen molar-refractivity contribution in [3.8, 4) is 22.7 Å². The molecule has 0 bridgehead atoms. The second-order valence-corrected chi connectivity index (χ2v) is 10.7. The van der Waals surface area contributed by atoms with Crippen molar-refractivity contribution in [3.63, 3.8) is 0 Å². The largest absolute Gasteiger partial charge is 0.506 e. The van der Waals surface area contributed by atoms with Gasteiger partial charge in [0.05, 0.1) is 39.9 Å². The normalized spacial score (nSPS) is 14.6. The summed E-state index contributed by atoms with van der Waals surface area (Å²) in [6.07, 6.45) is 2.28. The van der Waals surface area contributed by atoms with Gasteiger partial charge in [0.25, 0.3) is 0 Å². The van der Waals surface area contributed by atoms with Gasteiger partial charge in [-0.25, -0.2) is 9.48 Å². The number of hydrogen-bond acceptors (Lipinski definition) is 6. The Balaban J connectivity index is 1.42.